The van der Waals surface area contributed by atoms with Crippen LogP contribution in [0.1, 0.15) is 76.7 Å². The number of pyridine rings is 1. The molecule has 2 aromatic rings. The summed E-state index contributed by atoms with van der Waals surface area (Å²) < 4.78 is 27.9. The Hall–Kier alpha value is -2.94. The van der Waals surface area contributed by atoms with Gasteiger partial charge in [0.1, 0.15) is 35.8 Å². The van der Waals surface area contributed by atoms with Crippen molar-refractivity contribution >= 4 is 22.7 Å². The molecule has 1 aromatic carbocycles. The number of aromatic nitrogens is 1. The van der Waals surface area contributed by atoms with Crippen LogP contribution in [0.2, 0.25) is 0 Å². The van der Waals surface area contributed by atoms with Crippen LogP contribution in [0.15, 0.2) is 18.2 Å². The molecular weight excluding hydrogens is 511 g/mol. The van der Waals surface area contributed by atoms with Gasteiger partial charge >= 0.3 is 0 Å². The molecule has 1 aromatic heterocycles. The second-order valence-electron chi connectivity index (χ2n) is 11.6. The smallest absolute Gasteiger partial charge is 0.240 e. The van der Waals surface area contributed by atoms with Gasteiger partial charge in [0.25, 0.3) is 0 Å². The van der Waals surface area contributed by atoms with Gasteiger partial charge in [0, 0.05) is 24.8 Å². The molecule has 0 unspecified atom stereocenters. The second kappa shape index (κ2) is 13.1. The van der Waals surface area contributed by atoms with Gasteiger partial charge in [-0.3, -0.25) is 14.5 Å². The van der Waals surface area contributed by atoms with E-state index in [2.05, 4.69) is 9.88 Å². The predicted octanol–water partition coefficient (Wildman–Crippen LogP) is 4.61. The Morgan fingerprint density at radius 1 is 1.15 bits per heavy atom. The molecule has 9 heteroatoms. The Bertz CT molecular complexity index is 1200. The fraction of sp³-hybridized carbons (Fsp3) is 0.645. The molecule has 8 nitrogen and oxygen atoms in total. The van der Waals surface area contributed by atoms with Crippen molar-refractivity contribution in [1.82, 2.24) is 14.8 Å². The fourth-order valence-electron chi connectivity index (χ4n) is 5.89. The van der Waals surface area contributed by atoms with E-state index in [9.17, 15) is 9.59 Å². The Balaban J connectivity index is 1.40. The van der Waals surface area contributed by atoms with Gasteiger partial charge in [-0.05, 0) is 50.4 Å². The zero-order valence-electron chi connectivity index (χ0n) is 23.7. The van der Waals surface area contributed by atoms with Crippen LogP contribution >= 0.6 is 0 Å². The number of likely N-dealkylation sites (tertiary alicyclic amines) is 2. The van der Waals surface area contributed by atoms with Crippen molar-refractivity contribution in [2.24, 2.45) is 11.7 Å². The molecule has 3 fully saturated rings. The number of rotatable bonds is 15. The Labute approximate surface area is 236 Å². The number of fused-ring (bicyclic) bond motifs is 1. The molecule has 2 aliphatic heterocycles. The maximum atomic E-state index is 15.1. The molecule has 218 valence electrons. The van der Waals surface area contributed by atoms with Gasteiger partial charge in [-0.15, -0.1) is 0 Å². The van der Waals surface area contributed by atoms with Crippen molar-refractivity contribution in [1.29, 1.82) is 0 Å². The monoisotopic (exact) mass is 554 g/mol. The number of ether oxygens (including phenoxy) is 2. The molecule has 2 saturated heterocycles. The Morgan fingerprint density at radius 2 is 1.95 bits per heavy atom. The van der Waals surface area contributed by atoms with E-state index < -0.39 is 23.9 Å². The third-order valence-corrected chi connectivity index (χ3v) is 8.56. The highest BCUT2D eigenvalue weighted by atomic mass is 19.1. The van der Waals surface area contributed by atoms with Crippen LogP contribution in [0.5, 0.6) is 11.6 Å². The minimum atomic E-state index is -0.725. The molecule has 0 bridgehead atoms. The molecule has 2 amide bonds. The van der Waals surface area contributed by atoms with Crippen LogP contribution in [0.25, 0.3) is 10.9 Å². The highest BCUT2D eigenvalue weighted by Gasteiger charge is 2.40. The maximum absolute atomic E-state index is 15.1. The van der Waals surface area contributed by atoms with Gasteiger partial charge in [-0.1, -0.05) is 51.5 Å². The summed E-state index contributed by atoms with van der Waals surface area (Å²) in [5, 5.41) is 0.643. The van der Waals surface area contributed by atoms with E-state index in [0.717, 1.165) is 44.0 Å². The van der Waals surface area contributed by atoms with E-state index in [-0.39, 0.29) is 30.8 Å². The van der Waals surface area contributed by atoms with Gasteiger partial charge in [0.2, 0.25) is 17.7 Å². The highest BCUT2D eigenvalue weighted by molar-refractivity contribution is 5.88. The summed E-state index contributed by atoms with van der Waals surface area (Å²) in [5.74, 6) is 0.768. The van der Waals surface area contributed by atoms with E-state index in [1.165, 1.54) is 49.5 Å². The number of primary amides is 1. The first-order chi connectivity index (χ1) is 19.4. The molecule has 3 aliphatic rings. The number of nitrogens with zero attached hydrogens (tertiary/aromatic N) is 3. The number of hydrogen-bond donors (Lipinski definition) is 1. The maximum Gasteiger partial charge on any atom is 0.240 e. The SMILES string of the molecule is CCC(=O)N1C[C@H](Oc2nc3c(F)cccc3c(OCCN3CCC3)c2CCCCCCC2CC2)C[C@H]1C(N)=O. The number of benzene rings is 1. The van der Waals surface area contributed by atoms with Crippen molar-refractivity contribution in [2.75, 3.05) is 32.8 Å². The number of nitrogens with two attached hydrogens (primary N) is 1. The number of para-hydroxylation sites is 1. The summed E-state index contributed by atoms with van der Waals surface area (Å²) in [6.07, 6.45) is 10.6. The number of amides is 2. The molecule has 2 N–H and O–H groups in total. The molecule has 1 aliphatic carbocycles. The number of carbonyl (C=O) groups excluding carboxylic acids is 2. The summed E-state index contributed by atoms with van der Waals surface area (Å²) in [6.45, 7) is 5.46. The lowest BCUT2D eigenvalue weighted by Crippen LogP contribution is -2.43. The molecular formula is C31H43FN4O4. The zero-order valence-corrected chi connectivity index (χ0v) is 23.7. The van der Waals surface area contributed by atoms with Crippen LogP contribution in [0.4, 0.5) is 4.39 Å². The summed E-state index contributed by atoms with van der Waals surface area (Å²) in [5.41, 5.74) is 6.67. The topological polar surface area (TPSA) is 98.0 Å². The first kappa shape index (κ1) is 28.6. The van der Waals surface area contributed by atoms with E-state index >= 15 is 4.39 Å². The second-order valence-corrected chi connectivity index (χ2v) is 11.6. The number of halogens is 1. The average molecular weight is 555 g/mol. The van der Waals surface area contributed by atoms with Crippen LogP contribution < -0.4 is 15.2 Å². The summed E-state index contributed by atoms with van der Waals surface area (Å²) in [4.78, 5) is 33.2. The molecule has 2 atom stereocenters. The Morgan fingerprint density at radius 3 is 2.65 bits per heavy atom. The molecule has 0 spiro atoms. The minimum Gasteiger partial charge on any atom is -0.491 e. The standard InChI is InChI=1S/C31H43FN4O4/c1-2-27(37)36-20-22(19-26(36)30(33)38)40-31-24(10-6-4-3-5-9-21-13-14-21)29(39-18-17-35-15-8-16-35)23-11-7-12-25(32)28(23)34-31/h7,11-12,21-22,26H,2-6,8-10,13-20H2,1H3,(H2,33,38)/t22-,26+/m1/s1. The quantitative estimate of drug-likeness (QED) is 0.323. The van der Waals surface area contributed by atoms with E-state index in [1.807, 2.05) is 6.07 Å². The van der Waals surface area contributed by atoms with Gasteiger partial charge in [-0.25, -0.2) is 9.37 Å². The van der Waals surface area contributed by atoms with Crippen molar-refractivity contribution in [3.05, 3.63) is 29.6 Å². The van der Waals surface area contributed by atoms with Gasteiger partial charge in [0.05, 0.1) is 12.1 Å². The van der Waals surface area contributed by atoms with Crippen LogP contribution in [0.3, 0.4) is 0 Å². The van der Waals surface area contributed by atoms with Gasteiger partial charge in [0.15, 0.2) is 0 Å². The molecule has 5 rings (SSSR count). The first-order valence-corrected chi connectivity index (χ1v) is 15.2. The summed E-state index contributed by atoms with van der Waals surface area (Å²) in [7, 11) is 0. The number of carbonyl (C=O) groups is 2. The van der Waals surface area contributed by atoms with Crippen LogP contribution in [-0.4, -0.2) is 71.5 Å². The average Bonchev–Trinajstić information content (AvgIpc) is 3.64. The normalized spacial score (nSPS) is 21.0. The molecule has 3 heterocycles. The van der Waals surface area contributed by atoms with Crippen molar-refractivity contribution in [2.45, 2.75) is 89.7 Å². The lowest BCUT2D eigenvalue weighted by Gasteiger charge is -2.30. The predicted molar refractivity (Wildman–Crippen MR) is 152 cm³/mol. The van der Waals surface area contributed by atoms with E-state index in [0.29, 0.717) is 30.0 Å². The lowest BCUT2D eigenvalue weighted by molar-refractivity contribution is -0.137. The molecule has 0 radical (unpaired) electrons. The van der Waals surface area contributed by atoms with E-state index in [1.54, 1.807) is 13.0 Å². The molecule has 1 saturated carbocycles. The van der Waals surface area contributed by atoms with Crippen LogP contribution in [0, 0.1) is 11.7 Å². The van der Waals surface area contributed by atoms with Crippen molar-refractivity contribution in [3.63, 3.8) is 0 Å². The highest BCUT2D eigenvalue weighted by Crippen LogP contribution is 2.39. The zero-order chi connectivity index (χ0) is 28.1. The largest absolute Gasteiger partial charge is 0.491 e. The first-order valence-electron chi connectivity index (χ1n) is 15.2. The third-order valence-electron chi connectivity index (χ3n) is 8.56. The number of unbranched alkanes of at least 4 members (excludes halogenated alkanes) is 3. The number of hydrogen-bond acceptors (Lipinski definition) is 6. The van der Waals surface area contributed by atoms with Gasteiger partial charge in [-0.2, -0.15) is 0 Å². The van der Waals surface area contributed by atoms with Gasteiger partial charge < -0.3 is 20.1 Å². The van der Waals surface area contributed by atoms with E-state index in [4.69, 9.17) is 15.2 Å². The fourth-order valence-corrected chi connectivity index (χ4v) is 5.89. The van der Waals surface area contributed by atoms with Crippen LogP contribution in [-0.2, 0) is 16.0 Å². The lowest BCUT2D eigenvalue weighted by atomic mass is 10.0. The minimum absolute atomic E-state index is 0.145. The summed E-state index contributed by atoms with van der Waals surface area (Å²) in [6, 6.07) is 4.21. The Kier molecular flexibility index (Phi) is 9.40. The summed E-state index contributed by atoms with van der Waals surface area (Å²) >= 11 is 0. The molecule has 40 heavy (non-hydrogen) atoms. The van der Waals surface area contributed by atoms with Crippen molar-refractivity contribution < 1.29 is 23.5 Å². The van der Waals surface area contributed by atoms with Crippen molar-refractivity contribution in [3.8, 4) is 11.6 Å². The third kappa shape index (κ3) is 6.85.